The molecule has 1 saturated carbocycles. The highest BCUT2D eigenvalue weighted by Crippen LogP contribution is 2.31. The van der Waals surface area contributed by atoms with Gasteiger partial charge in [-0.3, -0.25) is 9.48 Å². The summed E-state index contributed by atoms with van der Waals surface area (Å²) in [6.07, 6.45) is 5.19. The number of aromatic nitrogens is 2. The van der Waals surface area contributed by atoms with E-state index in [1.165, 1.54) is 23.7 Å². The third-order valence-corrected chi connectivity index (χ3v) is 2.72. The number of hydrogen-bond donors (Lipinski definition) is 2. The van der Waals surface area contributed by atoms with Gasteiger partial charge in [0, 0.05) is 13.6 Å². The van der Waals surface area contributed by atoms with E-state index in [9.17, 15) is 4.79 Å². The Labute approximate surface area is 88.6 Å². The summed E-state index contributed by atoms with van der Waals surface area (Å²) in [5.41, 5.74) is 6.52. The van der Waals surface area contributed by atoms with E-state index in [4.69, 9.17) is 5.73 Å². The van der Waals surface area contributed by atoms with E-state index in [0.717, 1.165) is 18.9 Å². The van der Waals surface area contributed by atoms with E-state index in [0.29, 0.717) is 11.4 Å². The number of anilines is 1. The zero-order valence-electron chi connectivity index (χ0n) is 8.86. The molecule has 0 radical (unpaired) electrons. The van der Waals surface area contributed by atoms with Crippen molar-refractivity contribution >= 4 is 11.6 Å². The Balaban J connectivity index is 1.88. The molecular formula is C10H16N4O. The van der Waals surface area contributed by atoms with Crippen LogP contribution in [0.25, 0.3) is 0 Å². The van der Waals surface area contributed by atoms with Gasteiger partial charge in [-0.15, -0.1) is 0 Å². The third-order valence-electron chi connectivity index (χ3n) is 2.72. The molecule has 1 fully saturated rings. The van der Waals surface area contributed by atoms with Crippen molar-refractivity contribution in [1.82, 2.24) is 15.1 Å². The molecule has 3 N–H and O–H groups in total. The molecule has 0 bridgehead atoms. The van der Waals surface area contributed by atoms with E-state index in [1.54, 1.807) is 7.05 Å². The second-order valence-corrected chi connectivity index (χ2v) is 4.06. The van der Waals surface area contributed by atoms with Crippen LogP contribution < -0.4 is 11.1 Å². The Morgan fingerprint density at radius 3 is 3.00 bits per heavy atom. The number of nitrogen functional groups attached to an aromatic ring is 1. The van der Waals surface area contributed by atoms with Gasteiger partial charge in [-0.25, -0.2) is 0 Å². The highest BCUT2D eigenvalue weighted by atomic mass is 16.2. The van der Waals surface area contributed by atoms with Gasteiger partial charge in [-0.2, -0.15) is 5.10 Å². The van der Waals surface area contributed by atoms with Crippen LogP contribution in [0.5, 0.6) is 0 Å². The molecule has 1 aliphatic carbocycles. The lowest BCUT2D eigenvalue weighted by atomic mass is 10.3. The zero-order valence-corrected chi connectivity index (χ0v) is 8.86. The number of carbonyl (C=O) groups is 1. The lowest BCUT2D eigenvalue weighted by Crippen LogP contribution is -2.27. The van der Waals surface area contributed by atoms with Gasteiger partial charge in [-0.05, 0) is 12.3 Å². The monoisotopic (exact) mass is 208 g/mol. The molecule has 5 nitrogen and oxygen atoms in total. The van der Waals surface area contributed by atoms with Gasteiger partial charge < -0.3 is 11.1 Å². The van der Waals surface area contributed by atoms with Gasteiger partial charge in [0.15, 0.2) is 0 Å². The van der Waals surface area contributed by atoms with E-state index < -0.39 is 0 Å². The minimum absolute atomic E-state index is 0.131. The van der Waals surface area contributed by atoms with Gasteiger partial charge in [0.25, 0.3) is 5.91 Å². The summed E-state index contributed by atoms with van der Waals surface area (Å²) < 4.78 is 1.50. The lowest BCUT2D eigenvalue weighted by Gasteiger charge is -2.05. The number of nitrogens with two attached hydrogens (primary N) is 1. The van der Waals surface area contributed by atoms with Crippen LogP contribution >= 0.6 is 0 Å². The normalized spacial score (nSPS) is 15.3. The predicted molar refractivity (Wildman–Crippen MR) is 57.3 cm³/mol. The number of nitrogens with one attached hydrogen (secondary N) is 1. The van der Waals surface area contributed by atoms with Crippen LogP contribution in [-0.4, -0.2) is 22.2 Å². The van der Waals surface area contributed by atoms with Gasteiger partial charge in [-0.1, -0.05) is 12.8 Å². The van der Waals surface area contributed by atoms with Crippen LogP contribution in [0.3, 0.4) is 0 Å². The molecule has 0 spiro atoms. The summed E-state index contributed by atoms with van der Waals surface area (Å²) >= 11 is 0. The van der Waals surface area contributed by atoms with Gasteiger partial charge in [0.1, 0.15) is 5.69 Å². The zero-order chi connectivity index (χ0) is 10.8. The molecule has 0 aliphatic heterocycles. The van der Waals surface area contributed by atoms with E-state index in [-0.39, 0.29) is 5.91 Å². The average Bonchev–Trinajstić information content (AvgIpc) is 2.93. The molecule has 0 aromatic carbocycles. The SMILES string of the molecule is Cn1ncc(N)c1C(=O)NCCC1CC1. The highest BCUT2D eigenvalue weighted by molar-refractivity contribution is 5.97. The van der Waals surface area contributed by atoms with Gasteiger partial charge >= 0.3 is 0 Å². The Bertz CT molecular complexity index is 348. The molecule has 0 unspecified atom stereocenters. The van der Waals surface area contributed by atoms with Crippen molar-refractivity contribution in [3.05, 3.63) is 11.9 Å². The number of amides is 1. The minimum atomic E-state index is -0.131. The first kappa shape index (κ1) is 10.0. The van der Waals surface area contributed by atoms with E-state index >= 15 is 0 Å². The molecule has 1 heterocycles. The molecule has 15 heavy (non-hydrogen) atoms. The van der Waals surface area contributed by atoms with Crippen molar-refractivity contribution < 1.29 is 4.79 Å². The molecule has 1 amide bonds. The third kappa shape index (κ3) is 2.29. The average molecular weight is 208 g/mol. The molecule has 1 aliphatic rings. The van der Waals surface area contributed by atoms with E-state index in [1.807, 2.05) is 0 Å². The first-order valence-electron chi connectivity index (χ1n) is 5.24. The second kappa shape index (κ2) is 3.92. The maximum absolute atomic E-state index is 11.7. The summed E-state index contributed by atoms with van der Waals surface area (Å²) in [5.74, 6) is 0.697. The molecule has 2 rings (SSSR count). The lowest BCUT2D eigenvalue weighted by molar-refractivity contribution is 0.0944. The summed E-state index contributed by atoms with van der Waals surface area (Å²) in [5, 5.41) is 6.78. The Kier molecular flexibility index (Phi) is 2.62. The smallest absolute Gasteiger partial charge is 0.271 e. The maximum Gasteiger partial charge on any atom is 0.271 e. The van der Waals surface area contributed by atoms with Crippen LogP contribution in [0.15, 0.2) is 6.20 Å². The van der Waals surface area contributed by atoms with Crippen molar-refractivity contribution in [2.75, 3.05) is 12.3 Å². The minimum Gasteiger partial charge on any atom is -0.396 e. The number of rotatable bonds is 4. The van der Waals surface area contributed by atoms with Gasteiger partial charge in [0.2, 0.25) is 0 Å². The number of aryl methyl sites for hydroxylation is 1. The molecule has 1 aromatic rings. The van der Waals surface area contributed by atoms with Crippen LogP contribution in [0.1, 0.15) is 29.8 Å². The fourth-order valence-electron chi connectivity index (χ4n) is 1.61. The van der Waals surface area contributed by atoms with Crippen LogP contribution in [0, 0.1) is 5.92 Å². The van der Waals surface area contributed by atoms with Crippen molar-refractivity contribution in [2.45, 2.75) is 19.3 Å². The van der Waals surface area contributed by atoms with Crippen LogP contribution in [0.4, 0.5) is 5.69 Å². The Hall–Kier alpha value is -1.52. The van der Waals surface area contributed by atoms with Crippen molar-refractivity contribution in [2.24, 2.45) is 13.0 Å². The summed E-state index contributed by atoms with van der Waals surface area (Å²) in [6, 6.07) is 0. The summed E-state index contributed by atoms with van der Waals surface area (Å²) in [7, 11) is 1.71. The first-order chi connectivity index (χ1) is 7.18. The summed E-state index contributed by atoms with van der Waals surface area (Å²) in [6.45, 7) is 0.730. The molecule has 0 saturated heterocycles. The standard InChI is InChI=1S/C10H16N4O/c1-14-9(8(11)6-13-14)10(15)12-5-4-7-2-3-7/h6-7H,2-5,11H2,1H3,(H,12,15). The quantitative estimate of drug-likeness (QED) is 0.758. The number of carbonyl (C=O) groups excluding carboxylic acids is 1. The second-order valence-electron chi connectivity index (χ2n) is 4.06. The van der Waals surface area contributed by atoms with Crippen LogP contribution in [-0.2, 0) is 7.05 Å². The van der Waals surface area contributed by atoms with Crippen molar-refractivity contribution in [1.29, 1.82) is 0 Å². The largest absolute Gasteiger partial charge is 0.396 e. The molecule has 5 heteroatoms. The number of nitrogens with zero attached hydrogens (tertiary/aromatic N) is 2. The molecule has 82 valence electrons. The van der Waals surface area contributed by atoms with Gasteiger partial charge in [0.05, 0.1) is 11.9 Å². The summed E-state index contributed by atoms with van der Waals surface area (Å²) in [4.78, 5) is 11.7. The Morgan fingerprint density at radius 2 is 2.47 bits per heavy atom. The van der Waals surface area contributed by atoms with E-state index in [2.05, 4.69) is 10.4 Å². The molecule has 0 atom stereocenters. The fraction of sp³-hybridized carbons (Fsp3) is 0.600. The predicted octanol–water partition coefficient (Wildman–Crippen LogP) is 0.532. The highest BCUT2D eigenvalue weighted by Gasteiger charge is 2.21. The maximum atomic E-state index is 11.7. The first-order valence-corrected chi connectivity index (χ1v) is 5.24. The molecule has 1 aromatic heterocycles. The topological polar surface area (TPSA) is 72.9 Å². The van der Waals surface area contributed by atoms with Crippen molar-refractivity contribution in [3.8, 4) is 0 Å². The Morgan fingerprint density at radius 1 is 1.73 bits per heavy atom. The van der Waals surface area contributed by atoms with Crippen molar-refractivity contribution in [3.63, 3.8) is 0 Å². The number of hydrogen-bond acceptors (Lipinski definition) is 3. The fourth-order valence-corrected chi connectivity index (χ4v) is 1.61. The molecular weight excluding hydrogens is 192 g/mol. The van der Waals surface area contributed by atoms with Crippen LogP contribution in [0.2, 0.25) is 0 Å².